The molecule has 2 aromatic rings. The first-order valence-corrected chi connectivity index (χ1v) is 11.0. The van der Waals surface area contributed by atoms with Crippen molar-refractivity contribution in [1.29, 1.82) is 0 Å². The van der Waals surface area contributed by atoms with Gasteiger partial charge in [0.1, 0.15) is 5.75 Å². The molecule has 0 heterocycles. The molecule has 0 N–H and O–H groups in total. The number of benzene rings is 2. The van der Waals surface area contributed by atoms with E-state index < -0.39 is 0 Å². The molecule has 144 valence electrons. The first kappa shape index (κ1) is 20.1. The lowest BCUT2D eigenvalue weighted by molar-refractivity contribution is 0.319. The first-order valence-electron chi connectivity index (χ1n) is 10.2. The summed E-state index contributed by atoms with van der Waals surface area (Å²) in [7, 11) is 1.78. The minimum atomic E-state index is 0.767. The third-order valence-corrected chi connectivity index (χ3v) is 6.55. The summed E-state index contributed by atoms with van der Waals surface area (Å²) in [5.74, 6) is 2.57. The lowest BCUT2D eigenvalue weighted by atomic mass is 9.77. The summed E-state index contributed by atoms with van der Waals surface area (Å²) in [6, 6.07) is 15.5. The van der Waals surface area contributed by atoms with Gasteiger partial charge in [0.25, 0.3) is 0 Å². The second-order valence-corrected chi connectivity index (χ2v) is 9.13. The van der Waals surface area contributed by atoms with Gasteiger partial charge in [-0.2, -0.15) is 0 Å². The smallest absolute Gasteiger partial charge is 0.122 e. The molecule has 2 unspecified atom stereocenters. The van der Waals surface area contributed by atoms with Gasteiger partial charge < -0.3 is 4.74 Å². The number of allylic oxidation sites excluding steroid dienone is 1. The Morgan fingerprint density at radius 3 is 2.67 bits per heavy atom. The monoisotopic (exact) mass is 380 g/mol. The van der Waals surface area contributed by atoms with Gasteiger partial charge in [-0.25, -0.2) is 0 Å². The Hall–Kier alpha value is -1.67. The Morgan fingerprint density at radius 2 is 1.93 bits per heavy atom. The summed E-state index contributed by atoms with van der Waals surface area (Å²) in [5, 5.41) is 0. The predicted molar refractivity (Wildman–Crippen MR) is 117 cm³/mol. The van der Waals surface area contributed by atoms with Crippen LogP contribution in [0.1, 0.15) is 50.7 Å². The molecule has 0 amide bonds. The van der Waals surface area contributed by atoms with Crippen LogP contribution < -0.4 is 4.74 Å². The highest BCUT2D eigenvalue weighted by atomic mass is 32.2. The maximum Gasteiger partial charge on any atom is 0.122 e. The number of methoxy groups -OCH3 is 1. The summed E-state index contributed by atoms with van der Waals surface area (Å²) in [6.45, 7) is 8.82. The van der Waals surface area contributed by atoms with E-state index in [1.54, 1.807) is 7.11 Å². The van der Waals surface area contributed by atoms with Crippen LogP contribution in [0.15, 0.2) is 64.4 Å². The van der Waals surface area contributed by atoms with Crippen molar-refractivity contribution in [3.63, 3.8) is 0 Å². The molecule has 0 radical (unpaired) electrons. The van der Waals surface area contributed by atoms with E-state index in [1.165, 1.54) is 52.2 Å². The number of aryl methyl sites for hydroxylation is 2. The summed E-state index contributed by atoms with van der Waals surface area (Å²) >= 11 is 1.84. The molecule has 3 rings (SSSR count). The summed E-state index contributed by atoms with van der Waals surface area (Å²) in [4.78, 5) is 2.60. The fourth-order valence-electron chi connectivity index (χ4n) is 4.28. The minimum absolute atomic E-state index is 0.767. The van der Waals surface area contributed by atoms with Crippen LogP contribution in [-0.2, 0) is 12.8 Å². The van der Waals surface area contributed by atoms with Crippen LogP contribution in [0.3, 0.4) is 0 Å². The molecule has 1 nitrogen and oxygen atoms in total. The molecule has 0 aliphatic heterocycles. The van der Waals surface area contributed by atoms with Crippen molar-refractivity contribution in [3.05, 3.63) is 65.7 Å². The fraction of sp³-hybridized carbons (Fsp3) is 0.440. The quantitative estimate of drug-likeness (QED) is 0.465. The van der Waals surface area contributed by atoms with Gasteiger partial charge in [0.15, 0.2) is 0 Å². The molecule has 2 heteroatoms. The Morgan fingerprint density at radius 1 is 1.11 bits per heavy atom. The van der Waals surface area contributed by atoms with E-state index >= 15 is 0 Å². The molecule has 1 fully saturated rings. The molecule has 1 saturated carbocycles. The molecular formula is C25H32OS. The molecule has 0 spiro atoms. The highest BCUT2D eigenvalue weighted by molar-refractivity contribution is 7.99. The van der Waals surface area contributed by atoms with Gasteiger partial charge in [0, 0.05) is 9.79 Å². The van der Waals surface area contributed by atoms with E-state index in [9.17, 15) is 0 Å². The van der Waals surface area contributed by atoms with E-state index in [4.69, 9.17) is 4.74 Å². The van der Waals surface area contributed by atoms with Crippen molar-refractivity contribution < 1.29 is 4.74 Å². The zero-order valence-corrected chi connectivity index (χ0v) is 17.8. The van der Waals surface area contributed by atoms with Gasteiger partial charge >= 0.3 is 0 Å². The van der Waals surface area contributed by atoms with E-state index in [0.29, 0.717) is 0 Å². The van der Waals surface area contributed by atoms with E-state index in [-0.39, 0.29) is 0 Å². The minimum Gasteiger partial charge on any atom is -0.496 e. The molecular weight excluding hydrogens is 348 g/mol. The number of hydrogen-bond acceptors (Lipinski definition) is 2. The molecule has 2 aromatic carbocycles. The van der Waals surface area contributed by atoms with E-state index in [0.717, 1.165) is 30.4 Å². The zero-order chi connectivity index (χ0) is 19.2. The fourth-order valence-corrected chi connectivity index (χ4v) is 5.24. The van der Waals surface area contributed by atoms with Crippen LogP contribution in [0.4, 0.5) is 0 Å². The Bertz CT molecular complexity index is 780. The maximum atomic E-state index is 5.64. The summed E-state index contributed by atoms with van der Waals surface area (Å²) < 4.78 is 5.64. The summed E-state index contributed by atoms with van der Waals surface area (Å²) in [5.41, 5.74) is 4.16. The highest BCUT2D eigenvalue weighted by Crippen LogP contribution is 2.36. The summed E-state index contributed by atoms with van der Waals surface area (Å²) in [6.07, 6.45) is 7.12. The molecule has 1 aliphatic rings. The molecule has 0 saturated heterocycles. The normalized spacial score (nSPS) is 19.9. The number of rotatable bonds is 7. The molecule has 0 aromatic heterocycles. The van der Waals surface area contributed by atoms with Gasteiger partial charge in [0.05, 0.1) is 7.11 Å². The molecule has 2 atom stereocenters. The topological polar surface area (TPSA) is 9.23 Å². The lowest BCUT2D eigenvalue weighted by Gasteiger charge is -2.28. The van der Waals surface area contributed by atoms with Crippen molar-refractivity contribution >= 4 is 11.8 Å². The zero-order valence-electron chi connectivity index (χ0n) is 17.0. The average molecular weight is 381 g/mol. The number of hydrogen-bond donors (Lipinski definition) is 0. The van der Waals surface area contributed by atoms with Crippen LogP contribution >= 0.6 is 11.8 Å². The Balaban J connectivity index is 1.70. The van der Waals surface area contributed by atoms with E-state index in [2.05, 4.69) is 62.9 Å². The third kappa shape index (κ3) is 5.65. The molecule has 27 heavy (non-hydrogen) atoms. The second-order valence-electron chi connectivity index (χ2n) is 7.98. The van der Waals surface area contributed by atoms with Crippen LogP contribution in [0, 0.1) is 11.8 Å². The highest BCUT2D eigenvalue weighted by Gasteiger charge is 2.21. The van der Waals surface area contributed by atoms with Crippen LogP contribution in [0.2, 0.25) is 0 Å². The van der Waals surface area contributed by atoms with Crippen molar-refractivity contribution in [1.82, 2.24) is 0 Å². The van der Waals surface area contributed by atoms with Crippen LogP contribution in [-0.4, -0.2) is 7.11 Å². The van der Waals surface area contributed by atoms with Gasteiger partial charge in [-0.3, -0.25) is 0 Å². The first-order chi connectivity index (χ1) is 13.1. The number of ether oxygens (including phenoxy) is 1. The SMILES string of the molecule is C=C1CC(C)CC(CCc2cc(Sc3cccc(CC)c3)ccc2OC)C1. The van der Waals surface area contributed by atoms with Crippen molar-refractivity contribution in [3.8, 4) is 5.75 Å². The Kier molecular flexibility index (Phi) is 7.07. The van der Waals surface area contributed by atoms with Gasteiger partial charge in [0.2, 0.25) is 0 Å². The standard InChI is InChI=1S/C25H32OS/c1-5-20-7-6-8-23(16-20)27-24-11-12-25(26-4)22(17-24)10-9-21-14-18(2)13-19(3)15-21/h6-8,11-12,16-17,19,21H,2,5,9-10,13-15H2,1,3-4H3. The Labute approximate surface area is 169 Å². The lowest BCUT2D eigenvalue weighted by Crippen LogP contribution is -2.15. The van der Waals surface area contributed by atoms with Gasteiger partial charge in [-0.05, 0) is 91.8 Å². The van der Waals surface area contributed by atoms with Gasteiger partial charge in [-0.15, -0.1) is 0 Å². The van der Waals surface area contributed by atoms with Crippen LogP contribution in [0.25, 0.3) is 0 Å². The molecule has 0 bridgehead atoms. The van der Waals surface area contributed by atoms with E-state index in [1.807, 2.05) is 11.8 Å². The van der Waals surface area contributed by atoms with Crippen molar-refractivity contribution in [2.45, 2.75) is 62.2 Å². The largest absolute Gasteiger partial charge is 0.496 e. The molecule has 1 aliphatic carbocycles. The predicted octanol–water partition coefficient (Wildman–Crippen LogP) is 7.33. The van der Waals surface area contributed by atoms with Gasteiger partial charge in [-0.1, -0.05) is 49.9 Å². The third-order valence-electron chi connectivity index (χ3n) is 5.57. The van der Waals surface area contributed by atoms with Crippen molar-refractivity contribution in [2.24, 2.45) is 11.8 Å². The van der Waals surface area contributed by atoms with Crippen molar-refractivity contribution in [2.75, 3.05) is 7.11 Å². The maximum absolute atomic E-state index is 5.64. The average Bonchev–Trinajstić information content (AvgIpc) is 2.66. The van der Waals surface area contributed by atoms with Crippen LogP contribution in [0.5, 0.6) is 5.75 Å². The second kappa shape index (κ2) is 9.50.